The van der Waals surface area contributed by atoms with E-state index < -0.39 is 28.5 Å². The fourth-order valence-electron chi connectivity index (χ4n) is 4.94. The lowest BCUT2D eigenvalue weighted by Gasteiger charge is -2.34. The van der Waals surface area contributed by atoms with Gasteiger partial charge in [-0.15, -0.1) is 0 Å². The molecular formula is C35H37Cl2N3O5S. The van der Waals surface area contributed by atoms with Crippen LogP contribution in [0.5, 0.6) is 5.75 Å². The van der Waals surface area contributed by atoms with E-state index >= 15 is 0 Å². The van der Waals surface area contributed by atoms with Gasteiger partial charge in [-0.1, -0.05) is 89.9 Å². The lowest BCUT2D eigenvalue weighted by molar-refractivity contribution is -0.140. The minimum Gasteiger partial charge on any atom is -0.492 e. The van der Waals surface area contributed by atoms with Gasteiger partial charge in [-0.2, -0.15) is 0 Å². The van der Waals surface area contributed by atoms with Crippen LogP contribution in [0.4, 0.5) is 5.69 Å². The number of carbonyl (C=O) groups excluding carboxylic acids is 2. The molecule has 46 heavy (non-hydrogen) atoms. The molecule has 0 aliphatic rings. The quantitative estimate of drug-likeness (QED) is 0.159. The molecule has 4 aromatic carbocycles. The molecule has 0 aliphatic heterocycles. The summed E-state index contributed by atoms with van der Waals surface area (Å²) in [6.45, 7) is 5.09. The van der Waals surface area contributed by atoms with Crippen LogP contribution in [0.2, 0.25) is 10.0 Å². The largest absolute Gasteiger partial charge is 0.492 e. The lowest BCUT2D eigenvalue weighted by atomic mass is 10.0. The maximum atomic E-state index is 14.6. The van der Waals surface area contributed by atoms with Crippen molar-refractivity contribution >= 4 is 50.7 Å². The molecule has 4 aromatic rings. The van der Waals surface area contributed by atoms with Gasteiger partial charge in [-0.3, -0.25) is 13.9 Å². The highest BCUT2D eigenvalue weighted by Crippen LogP contribution is 2.33. The summed E-state index contributed by atoms with van der Waals surface area (Å²) in [5, 5.41) is 3.57. The van der Waals surface area contributed by atoms with E-state index in [4.69, 9.17) is 27.9 Å². The van der Waals surface area contributed by atoms with Gasteiger partial charge in [0.25, 0.3) is 10.0 Å². The smallest absolute Gasteiger partial charge is 0.264 e. The predicted octanol–water partition coefficient (Wildman–Crippen LogP) is 6.75. The van der Waals surface area contributed by atoms with Crippen LogP contribution in [0.1, 0.15) is 31.9 Å². The maximum absolute atomic E-state index is 14.6. The van der Waals surface area contributed by atoms with E-state index in [0.29, 0.717) is 16.3 Å². The third-order valence-electron chi connectivity index (χ3n) is 7.08. The number of rotatable bonds is 14. The second-order valence-corrected chi connectivity index (χ2v) is 13.5. The molecule has 0 fully saturated rings. The van der Waals surface area contributed by atoms with Crippen LogP contribution in [0, 0.1) is 0 Å². The molecule has 11 heteroatoms. The highest BCUT2D eigenvalue weighted by molar-refractivity contribution is 7.92. The first-order valence-corrected chi connectivity index (χ1v) is 17.1. The van der Waals surface area contributed by atoms with Gasteiger partial charge in [0.2, 0.25) is 11.8 Å². The fraction of sp³-hybridized carbons (Fsp3) is 0.257. The number of benzene rings is 4. The molecule has 0 radical (unpaired) electrons. The molecule has 0 heterocycles. The zero-order valence-electron chi connectivity index (χ0n) is 25.9. The molecule has 0 bridgehead atoms. The zero-order chi connectivity index (χ0) is 33.3. The van der Waals surface area contributed by atoms with E-state index in [-0.39, 0.29) is 47.1 Å². The topological polar surface area (TPSA) is 96.0 Å². The second-order valence-electron chi connectivity index (χ2n) is 10.9. The number of nitrogens with one attached hydrogen (secondary N) is 1. The summed E-state index contributed by atoms with van der Waals surface area (Å²) >= 11 is 12.5. The Hall–Kier alpha value is -4.05. The van der Waals surface area contributed by atoms with E-state index in [1.807, 2.05) is 44.2 Å². The standard InChI is InChI=1S/C35H37Cl2N3O5S/c1-4-45-33-18-12-11-17-31(33)40(46(43,44)28-15-9-6-10-16-28)24-34(41)39(23-27-19-20-29(36)30(37)21-27)32(35(42)38-25(2)3)22-26-13-7-5-8-14-26/h5-21,25,32H,4,22-24H2,1-3H3,(H,38,42)/t32-/m1/s1. The first-order chi connectivity index (χ1) is 22.0. The van der Waals surface area contributed by atoms with E-state index in [1.165, 1.54) is 17.0 Å². The van der Waals surface area contributed by atoms with E-state index in [2.05, 4.69) is 5.32 Å². The number of halogens is 2. The number of amides is 2. The monoisotopic (exact) mass is 681 g/mol. The molecule has 1 atom stereocenters. The van der Waals surface area contributed by atoms with Crippen LogP contribution < -0.4 is 14.4 Å². The molecule has 2 amide bonds. The summed E-state index contributed by atoms with van der Waals surface area (Å²) in [5.74, 6) is -0.678. The highest BCUT2D eigenvalue weighted by atomic mass is 35.5. The van der Waals surface area contributed by atoms with Crippen molar-refractivity contribution < 1.29 is 22.7 Å². The van der Waals surface area contributed by atoms with Gasteiger partial charge >= 0.3 is 0 Å². The SMILES string of the molecule is CCOc1ccccc1N(CC(=O)N(Cc1ccc(Cl)c(Cl)c1)[C@H](Cc1ccccc1)C(=O)NC(C)C)S(=O)(=O)c1ccccc1. The molecule has 0 aromatic heterocycles. The van der Waals surface area contributed by atoms with Crippen molar-refractivity contribution in [2.24, 2.45) is 0 Å². The summed E-state index contributed by atoms with van der Waals surface area (Å²) in [4.78, 5) is 29.8. The predicted molar refractivity (Wildman–Crippen MR) is 183 cm³/mol. The fourth-order valence-corrected chi connectivity index (χ4v) is 6.71. The van der Waals surface area contributed by atoms with Gasteiger partial charge < -0.3 is 15.0 Å². The number of sulfonamides is 1. The average molecular weight is 683 g/mol. The van der Waals surface area contributed by atoms with Crippen LogP contribution in [-0.2, 0) is 32.6 Å². The zero-order valence-corrected chi connectivity index (χ0v) is 28.2. The number of hydrogen-bond donors (Lipinski definition) is 1. The van der Waals surface area contributed by atoms with Gasteiger partial charge in [-0.05, 0) is 68.3 Å². The van der Waals surface area contributed by atoms with Crippen LogP contribution >= 0.6 is 23.2 Å². The average Bonchev–Trinajstić information content (AvgIpc) is 3.04. The number of carbonyl (C=O) groups is 2. The Balaban J connectivity index is 1.85. The summed E-state index contributed by atoms with van der Waals surface area (Å²) in [5.41, 5.74) is 1.64. The summed E-state index contributed by atoms with van der Waals surface area (Å²) in [7, 11) is -4.27. The molecule has 4 rings (SSSR count). The van der Waals surface area contributed by atoms with Gasteiger partial charge in [-0.25, -0.2) is 8.42 Å². The van der Waals surface area contributed by atoms with Crippen molar-refractivity contribution in [3.8, 4) is 5.75 Å². The van der Waals surface area contributed by atoms with Gasteiger partial charge in [0.05, 0.1) is 27.2 Å². The van der Waals surface area contributed by atoms with E-state index in [0.717, 1.165) is 9.87 Å². The molecule has 1 N–H and O–H groups in total. The minimum atomic E-state index is -4.27. The van der Waals surface area contributed by atoms with Crippen molar-refractivity contribution in [3.63, 3.8) is 0 Å². The second kappa shape index (κ2) is 16.0. The van der Waals surface area contributed by atoms with Crippen LogP contribution in [0.3, 0.4) is 0 Å². The number of hydrogen-bond acceptors (Lipinski definition) is 5. The van der Waals surface area contributed by atoms with Crippen LogP contribution in [0.25, 0.3) is 0 Å². The van der Waals surface area contributed by atoms with Crippen molar-refractivity contribution in [1.82, 2.24) is 10.2 Å². The van der Waals surface area contributed by atoms with Gasteiger partial charge in [0, 0.05) is 19.0 Å². The van der Waals surface area contributed by atoms with Gasteiger partial charge in [0.1, 0.15) is 18.3 Å². The number of anilines is 1. The van der Waals surface area contributed by atoms with Crippen molar-refractivity contribution in [1.29, 1.82) is 0 Å². The first kappa shape index (κ1) is 34.8. The number of para-hydroxylation sites is 2. The maximum Gasteiger partial charge on any atom is 0.264 e. The number of nitrogens with zero attached hydrogens (tertiary/aromatic N) is 2. The van der Waals surface area contributed by atoms with E-state index in [9.17, 15) is 18.0 Å². The Morgan fingerprint density at radius 1 is 0.826 bits per heavy atom. The molecule has 0 aliphatic carbocycles. The lowest BCUT2D eigenvalue weighted by Crippen LogP contribution is -2.54. The van der Waals surface area contributed by atoms with Gasteiger partial charge in [0.15, 0.2) is 0 Å². The third-order valence-corrected chi connectivity index (χ3v) is 9.60. The number of ether oxygens (including phenoxy) is 1. The summed E-state index contributed by atoms with van der Waals surface area (Å²) < 4.78 is 35.3. The van der Waals surface area contributed by atoms with Crippen molar-refractivity contribution in [2.45, 2.75) is 50.7 Å². The first-order valence-electron chi connectivity index (χ1n) is 14.9. The Morgan fingerprint density at radius 2 is 1.46 bits per heavy atom. The van der Waals surface area contributed by atoms with Crippen molar-refractivity contribution in [2.75, 3.05) is 17.5 Å². The molecule has 0 unspecified atom stereocenters. The molecule has 8 nitrogen and oxygen atoms in total. The third kappa shape index (κ3) is 8.81. The Labute approximate surface area is 280 Å². The Morgan fingerprint density at radius 3 is 2.09 bits per heavy atom. The molecular weight excluding hydrogens is 645 g/mol. The van der Waals surface area contributed by atoms with Crippen LogP contribution in [0.15, 0.2) is 108 Å². The Bertz CT molecular complexity index is 1740. The Kier molecular flexibility index (Phi) is 12.1. The highest BCUT2D eigenvalue weighted by Gasteiger charge is 2.35. The summed E-state index contributed by atoms with van der Waals surface area (Å²) in [6.07, 6.45) is 0.188. The normalized spacial score (nSPS) is 12.0. The van der Waals surface area contributed by atoms with Crippen LogP contribution in [-0.4, -0.2) is 50.4 Å². The van der Waals surface area contributed by atoms with E-state index in [1.54, 1.807) is 67.6 Å². The minimum absolute atomic E-state index is 0.00326. The van der Waals surface area contributed by atoms with Crippen molar-refractivity contribution in [3.05, 3.63) is 124 Å². The summed E-state index contributed by atoms with van der Waals surface area (Å²) in [6, 6.07) is 27.6. The molecule has 0 saturated heterocycles. The molecule has 0 saturated carbocycles. The molecule has 242 valence electrons. The molecule has 0 spiro atoms.